The van der Waals surface area contributed by atoms with Crippen molar-refractivity contribution in [1.82, 2.24) is 9.97 Å². The monoisotopic (exact) mass is 361 g/mol. The fourth-order valence-corrected chi connectivity index (χ4v) is 2.30. The van der Waals surface area contributed by atoms with E-state index in [1.54, 1.807) is 6.92 Å². The van der Waals surface area contributed by atoms with Gasteiger partial charge in [-0.05, 0) is 38.5 Å². The average Bonchev–Trinajstić information content (AvgIpc) is 2.63. The highest BCUT2D eigenvalue weighted by Gasteiger charge is 2.16. The summed E-state index contributed by atoms with van der Waals surface area (Å²) in [6.07, 6.45) is -0.348. The van der Waals surface area contributed by atoms with Gasteiger partial charge in [0.2, 0.25) is 5.95 Å². The Morgan fingerprint density at radius 1 is 1.23 bits per heavy atom. The second-order valence-electron chi connectivity index (χ2n) is 5.68. The molecule has 0 spiro atoms. The number of carbonyl (C=O) groups is 1. The Morgan fingerprint density at radius 3 is 2.50 bits per heavy atom. The molecule has 0 N–H and O–H groups in total. The zero-order valence-corrected chi connectivity index (χ0v) is 15.0. The molecule has 0 radical (unpaired) electrons. The van der Waals surface area contributed by atoms with Crippen molar-refractivity contribution in [2.45, 2.75) is 27.2 Å². The molecular formula is C19H21F2N3O2. The Hall–Kier alpha value is -2.83. The fourth-order valence-electron chi connectivity index (χ4n) is 2.30. The molecule has 0 unspecified atom stereocenters. The number of hydrogen-bond donors (Lipinski definition) is 0. The first-order valence-corrected chi connectivity index (χ1v) is 8.28. The number of ether oxygens (including phenoxy) is 1. The van der Waals surface area contributed by atoms with Gasteiger partial charge in [0.1, 0.15) is 0 Å². The number of nitrogens with zero attached hydrogens (tertiary/aromatic N) is 3. The van der Waals surface area contributed by atoms with Gasteiger partial charge in [0, 0.05) is 24.8 Å². The van der Waals surface area contributed by atoms with Gasteiger partial charge in [-0.3, -0.25) is 0 Å². The average molecular weight is 361 g/mol. The number of anilines is 2. The molecule has 0 atom stereocenters. The number of benzene rings is 1. The lowest BCUT2D eigenvalue weighted by molar-refractivity contribution is 0.0506. The Kier molecular flexibility index (Phi) is 6.77. The highest BCUT2D eigenvalue weighted by Crippen LogP contribution is 2.22. The van der Waals surface area contributed by atoms with E-state index in [2.05, 4.69) is 9.97 Å². The van der Waals surface area contributed by atoms with Gasteiger partial charge in [0.05, 0.1) is 17.9 Å². The zero-order chi connectivity index (χ0) is 19.1. The molecule has 5 nitrogen and oxygen atoms in total. The van der Waals surface area contributed by atoms with Crippen molar-refractivity contribution < 1.29 is 18.3 Å². The van der Waals surface area contributed by atoms with Gasteiger partial charge >= 0.3 is 5.97 Å². The van der Waals surface area contributed by atoms with Crippen LogP contribution in [0.2, 0.25) is 0 Å². The molecule has 0 saturated carbocycles. The molecule has 2 aromatic rings. The van der Waals surface area contributed by atoms with Crippen molar-refractivity contribution in [1.29, 1.82) is 0 Å². The maximum Gasteiger partial charge on any atom is 0.341 e. The van der Waals surface area contributed by atoms with E-state index in [0.717, 1.165) is 5.69 Å². The quantitative estimate of drug-likeness (QED) is 0.671. The van der Waals surface area contributed by atoms with E-state index in [1.807, 2.05) is 42.2 Å². The standard InChI is InChI=1S/C19H21F2N3O2/c1-4-24(15-8-6-5-7-9-15)19-22-12-16(14(3)23-19)18(25)26-11-10-13(2)17(20)21/h5-9,12H,4,10-11H2,1-3H3. The van der Waals surface area contributed by atoms with Gasteiger partial charge in [-0.25, -0.2) is 14.8 Å². The Labute approximate surface area is 151 Å². The minimum atomic E-state index is -1.74. The van der Waals surface area contributed by atoms with Crippen molar-refractivity contribution in [3.05, 3.63) is 59.4 Å². The van der Waals surface area contributed by atoms with E-state index in [4.69, 9.17) is 4.74 Å². The first-order chi connectivity index (χ1) is 12.4. The Bertz CT molecular complexity index is 791. The summed E-state index contributed by atoms with van der Waals surface area (Å²) in [5.74, 6) is -0.144. The molecular weight excluding hydrogens is 340 g/mol. The number of rotatable bonds is 7. The maximum absolute atomic E-state index is 12.3. The molecule has 1 heterocycles. The second-order valence-corrected chi connectivity index (χ2v) is 5.68. The molecule has 1 aromatic carbocycles. The summed E-state index contributed by atoms with van der Waals surface area (Å²) in [4.78, 5) is 22.7. The third kappa shape index (κ3) is 4.84. The summed E-state index contributed by atoms with van der Waals surface area (Å²) in [6.45, 7) is 5.51. The summed E-state index contributed by atoms with van der Waals surface area (Å²) in [5.41, 5.74) is 1.54. The third-order valence-electron chi connectivity index (χ3n) is 3.84. The number of carbonyl (C=O) groups excluding carboxylic acids is 1. The Balaban J connectivity index is 2.11. The summed E-state index contributed by atoms with van der Waals surface area (Å²) in [5, 5.41) is 0. The van der Waals surface area contributed by atoms with Crippen molar-refractivity contribution >= 4 is 17.6 Å². The molecule has 1 aromatic heterocycles. The summed E-state index contributed by atoms with van der Waals surface area (Å²) in [6, 6.07) is 9.67. The second kappa shape index (κ2) is 9.03. The van der Waals surface area contributed by atoms with E-state index < -0.39 is 12.0 Å². The number of para-hydroxylation sites is 1. The van der Waals surface area contributed by atoms with Crippen LogP contribution in [-0.4, -0.2) is 29.1 Å². The van der Waals surface area contributed by atoms with E-state index in [1.165, 1.54) is 13.1 Å². The number of esters is 1. The molecule has 0 bridgehead atoms. The van der Waals surface area contributed by atoms with Crippen LogP contribution < -0.4 is 4.90 Å². The molecule has 0 aliphatic heterocycles. The van der Waals surface area contributed by atoms with Crippen LogP contribution in [0.25, 0.3) is 0 Å². The van der Waals surface area contributed by atoms with E-state index in [9.17, 15) is 13.6 Å². The summed E-state index contributed by atoms with van der Waals surface area (Å²) >= 11 is 0. The van der Waals surface area contributed by atoms with Crippen molar-refractivity contribution in [2.24, 2.45) is 0 Å². The van der Waals surface area contributed by atoms with Gasteiger partial charge in [-0.1, -0.05) is 18.2 Å². The SMILES string of the molecule is CCN(c1ccccc1)c1ncc(C(=O)OCCC(C)=C(F)F)c(C)n1. The molecule has 7 heteroatoms. The largest absolute Gasteiger partial charge is 0.462 e. The van der Waals surface area contributed by atoms with Gasteiger partial charge in [0.15, 0.2) is 0 Å². The predicted octanol–water partition coefficient (Wildman–Crippen LogP) is 4.66. The van der Waals surface area contributed by atoms with Gasteiger partial charge in [-0.2, -0.15) is 8.78 Å². The molecule has 0 fully saturated rings. The van der Waals surface area contributed by atoms with Crippen LogP contribution >= 0.6 is 0 Å². The van der Waals surface area contributed by atoms with Crippen LogP contribution in [-0.2, 0) is 4.74 Å². The van der Waals surface area contributed by atoms with Gasteiger partial charge in [-0.15, -0.1) is 0 Å². The van der Waals surface area contributed by atoms with E-state index in [0.29, 0.717) is 18.2 Å². The predicted molar refractivity (Wildman–Crippen MR) is 95.7 cm³/mol. The summed E-state index contributed by atoms with van der Waals surface area (Å²) in [7, 11) is 0. The lowest BCUT2D eigenvalue weighted by Crippen LogP contribution is -2.20. The first-order valence-electron chi connectivity index (χ1n) is 8.28. The number of hydrogen-bond acceptors (Lipinski definition) is 5. The van der Waals surface area contributed by atoms with Crippen LogP contribution in [0.5, 0.6) is 0 Å². The number of halogens is 2. The van der Waals surface area contributed by atoms with Gasteiger partial charge in [0.25, 0.3) is 6.08 Å². The molecule has 0 aliphatic carbocycles. The zero-order valence-electron chi connectivity index (χ0n) is 15.0. The van der Waals surface area contributed by atoms with Crippen molar-refractivity contribution in [3.63, 3.8) is 0 Å². The minimum Gasteiger partial charge on any atom is -0.462 e. The first kappa shape index (κ1) is 19.5. The lowest BCUT2D eigenvalue weighted by atomic mass is 10.2. The van der Waals surface area contributed by atoms with Crippen LogP contribution in [0.1, 0.15) is 36.3 Å². The van der Waals surface area contributed by atoms with Crippen LogP contribution in [0.15, 0.2) is 48.2 Å². The van der Waals surface area contributed by atoms with Crippen LogP contribution in [0, 0.1) is 6.92 Å². The lowest BCUT2D eigenvalue weighted by Gasteiger charge is -2.21. The molecule has 0 aliphatic rings. The summed E-state index contributed by atoms with van der Waals surface area (Å²) < 4.78 is 29.7. The third-order valence-corrected chi connectivity index (χ3v) is 3.84. The van der Waals surface area contributed by atoms with Crippen molar-refractivity contribution in [2.75, 3.05) is 18.1 Å². The topological polar surface area (TPSA) is 55.3 Å². The highest BCUT2D eigenvalue weighted by molar-refractivity contribution is 5.90. The molecule has 2 rings (SSSR count). The van der Waals surface area contributed by atoms with Gasteiger partial charge < -0.3 is 9.64 Å². The normalized spacial score (nSPS) is 10.3. The fraction of sp³-hybridized carbons (Fsp3) is 0.316. The van der Waals surface area contributed by atoms with Crippen LogP contribution in [0.4, 0.5) is 20.4 Å². The van der Waals surface area contributed by atoms with E-state index >= 15 is 0 Å². The molecule has 0 saturated heterocycles. The number of aromatic nitrogens is 2. The van der Waals surface area contributed by atoms with Crippen molar-refractivity contribution in [3.8, 4) is 0 Å². The molecule has 26 heavy (non-hydrogen) atoms. The maximum atomic E-state index is 12.3. The highest BCUT2D eigenvalue weighted by atomic mass is 19.3. The number of aryl methyl sites for hydroxylation is 1. The van der Waals surface area contributed by atoms with E-state index in [-0.39, 0.29) is 24.2 Å². The Morgan fingerprint density at radius 2 is 1.92 bits per heavy atom. The smallest absolute Gasteiger partial charge is 0.341 e. The molecule has 138 valence electrons. The molecule has 0 amide bonds. The van der Waals surface area contributed by atoms with Crippen LogP contribution in [0.3, 0.4) is 0 Å². The minimum absolute atomic E-state index is 0.0102.